The van der Waals surface area contributed by atoms with Crippen molar-refractivity contribution in [3.63, 3.8) is 0 Å². The molecule has 0 aromatic carbocycles. The lowest BCUT2D eigenvalue weighted by molar-refractivity contribution is -0.117. The van der Waals surface area contributed by atoms with Gasteiger partial charge >= 0.3 is 0 Å². The normalized spacial score (nSPS) is 10.2. The van der Waals surface area contributed by atoms with Crippen molar-refractivity contribution >= 4 is 40.6 Å². The van der Waals surface area contributed by atoms with E-state index in [-0.39, 0.29) is 11.7 Å². The molecule has 0 spiro atoms. The van der Waals surface area contributed by atoms with Crippen molar-refractivity contribution in [2.75, 3.05) is 5.88 Å². The lowest BCUT2D eigenvalue weighted by atomic mass is 10.3. The van der Waals surface area contributed by atoms with Gasteiger partial charge in [-0.1, -0.05) is 30.1 Å². The summed E-state index contributed by atoms with van der Waals surface area (Å²) in [4.78, 5) is 10.0. The number of hydrogen-bond donors (Lipinski definition) is 1. The number of halogens is 3. The molecule has 0 atom stereocenters. The van der Waals surface area contributed by atoms with Crippen LogP contribution in [0, 0.1) is 0 Å². The first-order valence-electron chi connectivity index (χ1n) is 3.49. The van der Waals surface area contributed by atoms with Gasteiger partial charge in [-0.05, 0) is 13.3 Å². The standard InChI is InChI=1S/C5H10O.C2H3Cl3O/c1-3-4-5(2)6;3-1-2(4,5)6/h3-4H2,1-2H3;6H,1H2. The lowest BCUT2D eigenvalue weighted by Gasteiger charge is -2.03. The third-order valence-electron chi connectivity index (χ3n) is 0.763. The Kier molecular flexibility index (Phi) is 10.1. The Morgan fingerprint density at radius 1 is 1.50 bits per heavy atom. The summed E-state index contributed by atoms with van der Waals surface area (Å²) < 4.78 is -1.75. The van der Waals surface area contributed by atoms with Crippen LogP contribution in [0.25, 0.3) is 0 Å². The molecule has 0 unspecified atom stereocenters. The van der Waals surface area contributed by atoms with Crippen molar-refractivity contribution in [1.29, 1.82) is 0 Å². The molecule has 74 valence electrons. The Balaban J connectivity index is 0. The highest BCUT2D eigenvalue weighted by molar-refractivity contribution is 6.50. The maximum Gasteiger partial charge on any atom is 0.228 e. The number of ketones is 1. The molecule has 12 heavy (non-hydrogen) atoms. The fourth-order valence-corrected chi connectivity index (χ4v) is 0.352. The molecule has 0 saturated carbocycles. The molecular formula is C7H13Cl3O2. The molecule has 0 aliphatic heterocycles. The molecular weight excluding hydrogens is 222 g/mol. The third-order valence-corrected chi connectivity index (χ3v) is 1.69. The SMILES string of the molecule is CCCC(C)=O.OC(Cl)(Cl)CCl. The molecule has 0 saturated heterocycles. The van der Waals surface area contributed by atoms with Gasteiger partial charge in [0.2, 0.25) is 4.52 Å². The first kappa shape index (κ1) is 15.0. The Hall–Kier alpha value is 0.500. The summed E-state index contributed by atoms with van der Waals surface area (Å²) in [6, 6.07) is 0. The minimum Gasteiger partial charge on any atom is -0.362 e. The zero-order chi connectivity index (χ0) is 10.2. The van der Waals surface area contributed by atoms with Gasteiger partial charge < -0.3 is 9.90 Å². The number of rotatable bonds is 3. The zero-order valence-corrected chi connectivity index (χ0v) is 9.38. The molecule has 0 fully saturated rings. The van der Waals surface area contributed by atoms with Gasteiger partial charge in [0.15, 0.2) is 0 Å². The van der Waals surface area contributed by atoms with E-state index >= 15 is 0 Å². The average molecular weight is 236 g/mol. The van der Waals surface area contributed by atoms with Crippen molar-refractivity contribution in [1.82, 2.24) is 0 Å². The molecule has 1 N–H and O–H groups in total. The highest BCUT2D eigenvalue weighted by atomic mass is 35.5. The highest BCUT2D eigenvalue weighted by Gasteiger charge is 2.15. The van der Waals surface area contributed by atoms with Crippen LogP contribution in [0.4, 0.5) is 0 Å². The maximum atomic E-state index is 10.0. The number of carbonyl (C=O) groups is 1. The van der Waals surface area contributed by atoms with Crippen LogP contribution < -0.4 is 0 Å². The molecule has 0 aliphatic rings. The molecule has 0 aliphatic carbocycles. The molecule has 0 rings (SSSR count). The fraction of sp³-hybridized carbons (Fsp3) is 0.857. The van der Waals surface area contributed by atoms with Gasteiger partial charge in [0, 0.05) is 6.42 Å². The molecule has 5 heteroatoms. The van der Waals surface area contributed by atoms with E-state index in [4.69, 9.17) is 39.9 Å². The lowest BCUT2D eigenvalue weighted by Crippen LogP contribution is -2.11. The Bertz CT molecular complexity index is 120. The molecule has 0 radical (unpaired) electrons. The van der Waals surface area contributed by atoms with E-state index in [1.807, 2.05) is 6.92 Å². The van der Waals surface area contributed by atoms with E-state index in [9.17, 15) is 4.79 Å². The zero-order valence-electron chi connectivity index (χ0n) is 7.11. The van der Waals surface area contributed by atoms with Gasteiger partial charge in [0.1, 0.15) is 5.78 Å². The van der Waals surface area contributed by atoms with Crippen LogP contribution in [0.1, 0.15) is 26.7 Å². The summed E-state index contributed by atoms with van der Waals surface area (Å²) in [5.41, 5.74) is 0. The van der Waals surface area contributed by atoms with E-state index < -0.39 is 4.52 Å². The van der Waals surface area contributed by atoms with Crippen molar-refractivity contribution in [3.8, 4) is 0 Å². The molecule has 0 bridgehead atoms. The van der Waals surface area contributed by atoms with Gasteiger partial charge in [-0.15, -0.1) is 11.6 Å². The van der Waals surface area contributed by atoms with Crippen LogP contribution in [-0.2, 0) is 4.79 Å². The van der Waals surface area contributed by atoms with E-state index in [0.717, 1.165) is 12.8 Å². The van der Waals surface area contributed by atoms with Crippen LogP contribution in [0.5, 0.6) is 0 Å². The van der Waals surface area contributed by atoms with E-state index in [1.165, 1.54) is 0 Å². The van der Waals surface area contributed by atoms with Crippen LogP contribution in [0.2, 0.25) is 0 Å². The van der Waals surface area contributed by atoms with Gasteiger partial charge in [-0.2, -0.15) is 0 Å². The summed E-state index contributed by atoms with van der Waals surface area (Å²) in [5, 5.41) is 8.23. The second-order valence-corrected chi connectivity index (χ2v) is 3.96. The first-order chi connectivity index (χ1) is 5.33. The van der Waals surface area contributed by atoms with Gasteiger partial charge in [0.05, 0.1) is 5.88 Å². The number of carbonyl (C=O) groups excluding carboxylic acids is 1. The second-order valence-electron chi connectivity index (χ2n) is 2.25. The quantitative estimate of drug-likeness (QED) is 0.764. The molecule has 0 aromatic heterocycles. The average Bonchev–Trinajstić information content (AvgIpc) is 1.87. The van der Waals surface area contributed by atoms with Crippen molar-refractivity contribution in [2.24, 2.45) is 0 Å². The number of aliphatic hydroxyl groups is 1. The van der Waals surface area contributed by atoms with Gasteiger partial charge in [-0.3, -0.25) is 0 Å². The summed E-state index contributed by atoms with van der Waals surface area (Å²) in [5.74, 6) is 0.119. The molecule has 0 amide bonds. The van der Waals surface area contributed by atoms with Crippen molar-refractivity contribution < 1.29 is 9.90 Å². The van der Waals surface area contributed by atoms with Crippen LogP contribution >= 0.6 is 34.8 Å². The summed E-state index contributed by atoms with van der Waals surface area (Å²) in [7, 11) is 0. The maximum absolute atomic E-state index is 10.0. The smallest absolute Gasteiger partial charge is 0.228 e. The van der Waals surface area contributed by atoms with Gasteiger partial charge in [-0.25, -0.2) is 0 Å². The summed E-state index contributed by atoms with van der Waals surface area (Å²) >= 11 is 14.8. The minimum atomic E-state index is -1.75. The first-order valence-corrected chi connectivity index (χ1v) is 4.78. The summed E-state index contributed by atoms with van der Waals surface area (Å²) in [6.45, 7) is 3.62. The molecule has 0 aromatic rings. The monoisotopic (exact) mass is 234 g/mol. The van der Waals surface area contributed by atoms with Crippen molar-refractivity contribution in [3.05, 3.63) is 0 Å². The van der Waals surface area contributed by atoms with Crippen LogP contribution in [0.15, 0.2) is 0 Å². The third kappa shape index (κ3) is 22.4. The second kappa shape index (κ2) is 8.11. The van der Waals surface area contributed by atoms with Crippen LogP contribution in [-0.4, -0.2) is 21.3 Å². The minimum absolute atomic E-state index is 0.171. The summed E-state index contributed by atoms with van der Waals surface area (Å²) in [6.07, 6.45) is 1.72. The highest BCUT2D eigenvalue weighted by Crippen LogP contribution is 2.16. The van der Waals surface area contributed by atoms with Crippen molar-refractivity contribution in [2.45, 2.75) is 31.2 Å². The van der Waals surface area contributed by atoms with Gasteiger partial charge in [0.25, 0.3) is 0 Å². The largest absolute Gasteiger partial charge is 0.362 e. The van der Waals surface area contributed by atoms with E-state index in [2.05, 4.69) is 0 Å². The number of hydrogen-bond acceptors (Lipinski definition) is 2. The predicted octanol–water partition coefficient (Wildman–Crippen LogP) is 2.72. The van der Waals surface area contributed by atoms with E-state index in [0.29, 0.717) is 0 Å². The molecule has 2 nitrogen and oxygen atoms in total. The van der Waals surface area contributed by atoms with E-state index in [1.54, 1.807) is 6.92 Å². The number of alkyl halides is 3. The Labute approximate surface area is 87.8 Å². The fourth-order valence-electron chi connectivity index (χ4n) is 0.352. The molecule has 0 heterocycles. The number of Topliss-reactive ketones (excluding diaryl/α,β-unsaturated/α-hetero) is 1. The Morgan fingerprint density at radius 3 is 1.83 bits per heavy atom. The Morgan fingerprint density at radius 2 is 1.83 bits per heavy atom. The van der Waals surface area contributed by atoms with Crippen LogP contribution in [0.3, 0.4) is 0 Å². The predicted molar refractivity (Wildman–Crippen MR) is 53.0 cm³/mol. The topological polar surface area (TPSA) is 37.3 Å².